The molecule has 0 aromatic carbocycles. The molecule has 0 bridgehead atoms. The first-order chi connectivity index (χ1) is 8.79. The van der Waals surface area contributed by atoms with Crippen LogP contribution in [0, 0.1) is 0 Å². The Morgan fingerprint density at radius 3 is 3.11 bits per heavy atom. The van der Waals surface area contributed by atoms with Crippen LogP contribution in [0.2, 0.25) is 0 Å². The number of nitrogens with zero attached hydrogens (tertiary/aromatic N) is 2. The van der Waals surface area contributed by atoms with E-state index >= 15 is 0 Å². The molecule has 3 nitrogen and oxygen atoms in total. The first-order valence-corrected chi connectivity index (χ1v) is 7.98. The highest BCUT2D eigenvalue weighted by molar-refractivity contribution is 7.09. The molecule has 0 aliphatic carbocycles. The van der Waals surface area contributed by atoms with Gasteiger partial charge >= 0.3 is 0 Å². The number of aromatic nitrogens is 1. The molecule has 0 spiro atoms. The van der Waals surface area contributed by atoms with Crippen molar-refractivity contribution in [2.75, 3.05) is 26.8 Å². The number of unbranched alkanes of at least 4 members (excludes halogenated alkanes) is 1. The summed E-state index contributed by atoms with van der Waals surface area (Å²) in [5.41, 5.74) is 1.01. The first-order valence-electron chi connectivity index (χ1n) is 6.57. The predicted octanol–water partition coefficient (Wildman–Crippen LogP) is 2.93. The minimum absolute atomic E-state index is 0.529. The van der Waals surface area contributed by atoms with Crippen molar-refractivity contribution in [1.29, 1.82) is 0 Å². The monoisotopic (exact) mass is 288 g/mol. The van der Waals surface area contributed by atoms with Gasteiger partial charge in [0, 0.05) is 18.0 Å². The van der Waals surface area contributed by atoms with E-state index in [1.54, 1.807) is 11.3 Å². The van der Waals surface area contributed by atoms with E-state index in [0.29, 0.717) is 11.9 Å². The Hall–Kier alpha value is -0.160. The molecular formula is C13H21ClN2OS. The summed E-state index contributed by atoms with van der Waals surface area (Å²) < 4.78 is 5.41. The molecule has 1 unspecified atom stereocenters. The van der Waals surface area contributed by atoms with E-state index in [-0.39, 0.29) is 0 Å². The lowest BCUT2D eigenvalue weighted by molar-refractivity contribution is 0.158. The van der Waals surface area contributed by atoms with Crippen molar-refractivity contribution in [3.8, 4) is 0 Å². The summed E-state index contributed by atoms with van der Waals surface area (Å²) in [6.07, 6.45) is 4.69. The van der Waals surface area contributed by atoms with E-state index < -0.39 is 0 Å². The lowest BCUT2D eigenvalue weighted by atomic mass is 10.2. The van der Waals surface area contributed by atoms with E-state index in [4.69, 9.17) is 16.3 Å². The zero-order valence-electron chi connectivity index (χ0n) is 10.9. The van der Waals surface area contributed by atoms with Gasteiger partial charge in [-0.1, -0.05) is 0 Å². The van der Waals surface area contributed by atoms with E-state index in [9.17, 15) is 0 Å². The molecule has 2 heterocycles. The van der Waals surface area contributed by atoms with E-state index in [0.717, 1.165) is 31.9 Å². The third-order valence-corrected chi connectivity index (χ3v) is 4.65. The van der Waals surface area contributed by atoms with Gasteiger partial charge in [-0.05, 0) is 39.3 Å². The fourth-order valence-corrected chi connectivity index (χ4v) is 3.28. The largest absolute Gasteiger partial charge is 0.380 e. The quantitative estimate of drug-likeness (QED) is 0.570. The molecule has 1 saturated heterocycles. The van der Waals surface area contributed by atoms with Gasteiger partial charge in [0.2, 0.25) is 0 Å². The molecule has 1 aliphatic heterocycles. The molecule has 1 atom stereocenters. The number of alkyl halides is 1. The van der Waals surface area contributed by atoms with Crippen molar-refractivity contribution < 1.29 is 4.74 Å². The summed E-state index contributed by atoms with van der Waals surface area (Å²) in [6.45, 7) is 2.99. The number of thiazole rings is 1. The van der Waals surface area contributed by atoms with Gasteiger partial charge in [0.15, 0.2) is 0 Å². The summed E-state index contributed by atoms with van der Waals surface area (Å²) >= 11 is 7.47. The molecule has 1 fully saturated rings. The maximum atomic E-state index is 5.74. The van der Waals surface area contributed by atoms with Gasteiger partial charge in [0.25, 0.3) is 0 Å². The highest BCUT2D eigenvalue weighted by Gasteiger charge is 2.19. The van der Waals surface area contributed by atoms with E-state index in [2.05, 4.69) is 22.3 Å². The number of hydrogen-bond donors (Lipinski definition) is 0. The second-order valence-electron chi connectivity index (χ2n) is 4.82. The van der Waals surface area contributed by atoms with Crippen LogP contribution in [0.5, 0.6) is 0 Å². The topological polar surface area (TPSA) is 25.4 Å². The van der Waals surface area contributed by atoms with Gasteiger partial charge in [-0.3, -0.25) is 0 Å². The molecule has 18 heavy (non-hydrogen) atoms. The number of halogens is 1. The van der Waals surface area contributed by atoms with Crippen LogP contribution in [0.15, 0.2) is 5.38 Å². The summed E-state index contributed by atoms with van der Waals surface area (Å²) in [7, 11) is 2.20. The summed E-state index contributed by atoms with van der Waals surface area (Å²) in [5.74, 6) is 0.529. The molecule has 0 radical (unpaired) electrons. The van der Waals surface area contributed by atoms with Crippen molar-refractivity contribution in [2.24, 2.45) is 0 Å². The van der Waals surface area contributed by atoms with Gasteiger partial charge in [-0.25, -0.2) is 4.98 Å². The number of likely N-dealkylation sites (N-methyl/N-ethyl adjacent to an activating group) is 1. The van der Waals surface area contributed by atoms with Gasteiger partial charge in [0.05, 0.1) is 23.2 Å². The van der Waals surface area contributed by atoms with Crippen molar-refractivity contribution in [3.05, 3.63) is 16.1 Å². The Labute approximate surface area is 118 Å². The van der Waals surface area contributed by atoms with Gasteiger partial charge in [-0.15, -0.1) is 22.9 Å². The van der Waals surface area contributed by atoms with Crippen molar-refractivity contribution in [3.63, 3.8) is 0 Å². The maximum absolute atomic E-state index is 5.74. The summed E-state index contributed by atoms with van der Waals surface area (Å²) in [4.78, 5) is 6.91. The SMILES string of the molecule is CN(CCCCc1nc(CCl)cs1)C1CCOC1. The minimum Gasteiger partial charge on any atom is -0.380 e. The maximum Gasteiger partial charge on any atom is 0.0928 e. The van der Waals surface area contributed by atoms with Crippen molar-refractivity contribution in [2.45, 2.75) is 37.6 Å². The second-order valence-corrected chi connectivity index (χ2v) is 6.03. The smallest absolute Gasteiger partial charge is 0.0928 e. The van der Waals surface area contributed by atoms with Crippen LogP contribution in [0.25, 0.3) is 0 Å². The second kappa shape index (κ2) is 7.43. The standard InChI is InChI=1S/C13H21ClN2OS/c1-16(12-5-7-17-9-12)6-3-2-4-13-15-11(8-14)10-18-13/h10,12H,2-9H2,1H3. The molecule has 0 N–H and O–H groups in total. The van der Waals surface area contributed by atoms with Gasteiger partial charge < -0.3 is 9.64 Å². The van der Waals surface area contributed by atoms with E-state index in [1.807, 2.05) is 0 Å². The Morgan fingerprint density at radius 1 is 1.56 bits per heavy atom. The lowest BCUT2D eigenvalue weighted by Gasteiger charge is -2.22. The Kier molecular flexibility index (Phi) is 5.89. The van der Waals surface area contributed by atoms with Gasteiger partial charge in [0.1, 0.15) is 0 Å². The lowest BCUT2D eigenvalue weighted by Crippen LogP contribution is -2.32. The molecule has 1 aromatic rings. The van der Waals surface area contributed by atoms with Crippen LogP contribution in [0.4, 0.5) is 0 Å². The molecule has 5 heteroatoms. The molecule has 1 aromatic heterocycles. The third kappa shape index (κ3) is 4.19. The fraction of sp³-hybridized carbons (Fsp3) is 0.769. The Balaban J connectivity index is 1.60. The number of hydrogen-bond acceptors (Lipinski definition) is 4. The normalized spacial score (nSPS) is 19.8. The van der Waals surface area contributed by atoms with Crippen molar-refractivity contribution >= 4 is 22.9 Å². The molecule has 102 valence electrons. The molecule has 1 aliphatic rings. The van der Waals surface area contributed by atoms with Crippen LogP contribution in [0.3, 0.4) is 0 Å². The van der Waals surface area contributed by atoms with Gasteiger partial charge in [-0.2, -0.15) is 0 Å². The number of rotatable bonds is 7. The molecule has 0 saturated carbocycles. The summed E-state index contributed by atoms with van der Waals surface area (Å²) in [5, 5.41) is 3.28. The average molecular weight is 289 g/mol. The highest BCUT2D eigenvalue weighted by Crippen LogP contribution is 2.15. The van der Waals surface area contributed by atoms with Crippen LogP contribution in [-0.2, 0) is 17.0 Å². The predicted molar refractivity (Wildman–Crippen MR) is 76.5 cm³/mol. The average Bonchev–Trinajstić information content (AvgIpc) is 3.05. The minimum atomic E-state index is 0.529. The van der Waals surface area contributed by atoms with Crippen LogP contribution in [0.1, 0.15) is 30.0 Å². The molecular weight excluding hydrogens is 268 g/mol. The number of ether oxygens (including phenoxy) is 1. The molecule has 0 amide bonds. The van der Waals surface area contributed by atoms with Crippen LogP contribution >= 0.6 is 22.9 Å². The first kappa shape index (κ1) is 14.3. The fourth-order valence-electron chi connectivity index (χ4n) is 2.21. The Bertz CT molecular complexity index is 353. The number of aryl methyl sites for hydroxylation is 1. The van der Waals surface area contributed by atoms with Crippen molar-refractivity contribution in [1.82, 2.24) is 9.88 Å². The highest BCUT2D eigenvalue weighted by atomic mass is 35.5. The zero-order chi connectivity index (χ0) is 12.8. The molecule has 2 rings (SSSR count). The van der Waals surface area contributed by atoms with Crippen LogP contribution < -0.4 is 0 Å². The van der Waals surface area contributed by atoms with Crippen LogP contribution in [-0.4, -0.2) is 42.7 Å². The van der Waals surface area contributed by atoms with E-state index in [1.165, 1.54) is 24.3 Å². The summed E-state index contributed by atoms with van der Waals surface area (Å²) in [6, 6.07) is 0.632. The zero-order valence-corrected chi connectivity index (χ0v) is 12.5. The third-order valence-electron chi connectivity index (χ3n) is 3.42. The Morgan fingerprint density at radius 2 is 2.44 bits per heavy atom.